The van der Waals surface area contributed by atoms with Crippen LogP contribution in [0.5, 0.6) is 5.88 Å². The summed E-state index contributed by atoms with van der Waals surface area (Å²) in [7, 11) is 0. The van der Waals surface area contributed by atoms with Crippen LogP contribution in [0.3, 0.4) is 0 Å². The minimum atomic E-state index is -5.28. The van der Waals surface area contributed by atoms with Gasteiger partial charge in [0.25, 0.3) is 0 Å². The smallest absolute Gasteiger partial charge is 0.433 e. The highest BCUT2D eigenvalue weighted by atomic mass is 35.5. The monoisotopic (exact) mass is 495 g/mol. The highest BCUT2D eigenvalue weighted by Gasteiger charge is 2.39. The van der Waals surface area contributed by atoms with Gasteiger partial charge in [0.05, 0.1) is 27.9 Å². The van der Waals surface area contributed by atoms with Gasteiger partial charge in [-0.2, -0.15) is 39.5 Å². The molecule has 1 heterocycles. The third kappa shape index (κ3) is 5.87. The molecule has 0 bridgehead atoms. The van der Waals surface area contributed by atoms with Crippen molar-refractivity contribution in [2.75, 3.05) is 0 Å². The molecule has 0 aliphatic rings. The molecule has 32 heavy (non-hydrogen) atoms. The first-order chi connectivity index (χ1) is 14.4. The summed E-state index contributed by atoms with van der Waals surface area (Å²) in [6.45, 7) is 4.33. The molecular formula is C18H15ClF9N3O. The van der Waals surface area contributed by atoms with Gasteiger partial charge >= 0.3 is 18.5 Å². The van der Waals surface area contributed by atoms with Gasteiger partial charge in [0.1, 0.15) is 0 Å². The molecule has 0 aliphatic carbocycles. The third-order valence-electron chi connectivity index (χ3n) is 3.86. The second-order valence-electron chi connectivity index (χ2n) is 6.65. The number of benzene rings is 1. The van der Waals surface area contributed by atoms with Gasteiger partial charge in [-0.15, -0.1) is 0 Å². The van der Waals surface area contributed by atoms with Crippen LogP contribution in [0.2, 0.25) is 5.02 Å². The van der Waals surface area contributed by atoms with Gasteiger partial charge in [-0.25, -0.2) is 9.98 Å². The highest BCUT2D eigenvalue weighted by Crippen LogP contribution is 2.43. The molecule has 4 nitrogen and oxygen atoms in total. The Morgan fingerprint density at radius 2 is 1.56 bits per heavy atom. The summed E-state index contributed by atoms with van der Waals surface area (Å²) < 4.78 is 125. The SMILES string of the molecule is CCn1c(OC(C)C)cc(C(F)(F)F)nc1=Nc1cc(C(F)(F)F)cc(C(F)(F)F)c1Cl. The zero-order chi connectivity index (χ0) is 24.6. The summed E-state index contributed by atoms with van der Waals surface area (Å²) in [5.74, 6) is -0.386. The van der Waals surface area contributed by atoms with E-state index < -0.39 is 57.8 Å². The van der Waals surface area contributed by atoms with Crippen molar-refractivity contribution in [1.29, 1.82) is 0 Å². The number of hydrogen-bond acceptors (Lipinski definition) is 3. The Morgan fingerprint density at radius 3 is 2.00 bits per heavy atom. The number of nitrogens with zero attached hydrogens (tertiary/aromatic N) is 3. The molecule has 14 heteroatoms. The summed E-state index contributed by atoms with van der Waals surface area (Å²) in [6.07, 6.45) is -16.1. The van der Waals surface area contributed by atoms with E-state index in [2.05, 4.69) is 9.98 Å². The number of ether oxygens (including phenoxy) is 1. The van der Waals surface area contributed by atoms with Crippen molar-refractivity contribution in [3.63, 3.8) is 0 Å². The fraction of sp³-hybridized carbons (Fsp3) is 0.444. The molecule has 0 radical (unpaired) electrons. The Morgan fingerprint density at radius 1 is 0.969 bits per heavy atom. The van der Waals surface area contributed by atoms with E-state index in [-0.39, 0.29) is 24.6 Å². The lowest BCUT2D eigenvalue weighted by atomic mass is 10.1. The first-order valence-corrected chi connectivity index (χ1v) is 9.21. The van der Waals surface area contributed by atoms with E-state index in [9.17, 15) is 39.5 Å². The summed E-state index contributed by atoms with van der Waals surface area (Å²) in [4.78, 5) is 6.81. The number of halogens is 10. The van der Waals surface area contributed by atoms with Crippen molar-refractivity contribution < 1.29 is 44.3 Å². The van der Waals surface area contributed by atoms with Gasteiger partial charge < -0.3 is 4.74 Å². The molecule has 0 saturated carbocycles. The van der Waals surface area contributed by atoms with Crippen molar-refractivity contribution in [3.05, 3.63) is 45.7 Å². The fourth-order valence-electron chi connectivity index (χ4n) is 2.53. The minimum Gasteiger partial charge on any atom is -0.476 e. The van der Waals surface area contributed by atoms with Crippen LogP contribution in [-0.2, 0) is 25.1 Å². The fourth-order valence-corrected chi connectivity index (χ4v) is 2.79. The summed E-state index contributed by atoms with van der Waals surface area (Å²) in [5.41, 5.74) is -6.98. The number of rotatable bonds is 4. The second-order valence-corrected chi connectivity index (χ2v) is 7.03. The molecule has 0 saturated heterocycles. The maximum Gasteiger partial charge on any atom is 0.433 e. The highest BCUT2D eigenvalue weighted by molar-refractivity contribution is 6.33. The Labute approximate surface area is 180 Å². The van der Waals surface area contributed by atoms with Gasteiger partial charge in [-0.05, 0) is 32.9 Å². The van der Waals surface area contributed by atoms with Crippen LogP contribution in [0.15, 0.2) is 23.2 Å². The van der Waals surface area contributed by atoms with Crippen LogP contribution in [-0.4, -0.2) is 15.7 Å². The van der Waals surface area contributed by atoms with Crippen molar-refractivity contribution in [3.8, 4) is 5.88 Å². The molecule has 178 valence electrons. The van der Waals surface area contributed by atoms with Crippen molar-refractivity contribution in [2.24, 2.45) is 4.99 Å². The molecule has 0 spiro atoms. The average molecular weight is 496 g/mol. The van der Waals surface area contributed by atoms with Gasteiger partial charge in [0, 0.05) is 12.6 Å². The molecule has 0 N–H and O–H groups in total. The lowest BCUT2D eigenvalue weighted by Gasteiger charge is -2.18. The number of alkyl halides is 9. The van der Waals surface area contributed by atoms with E-state index >= 15 is 0 Å². The molecule has 0 fully saturated rings. The van der Waals surface area contributed by atoms with Gasteiger partial charge in [-0.1, -0.05) is 11.6 Å². The molecule has 1 aromatic heterocycles. The second kappa shape index (κ2) is 8.83. The average Bonchev–Trinajstić information content (AvgIpc) is 2.59. The molecule has 0 atom stereocenters. The maximum absolute atomic E-state index is 13.3. The van der Waals surface area contributed by atoms with Crippen molar-refractivity contribution in [1.82, 2.24) is 9.55 Å². The first kappa shape index (κ1) is 25.8. The van der Waals surface area contributed by atoms with Gasteiger partial charge in [-0.3, -0.25) is 4.57 Å². The lowest BCUT2D eigenvalue weighted by molar-refractivity contribution is -0.143. The molecule has 0 aliphatic heterocycles. The van der Waals surface area contributed by atoms with E-state index in [0.717, 1.165) is 4.57 Å². The van der Waals surface area contributed by atoms with E-state index in [1.54, 1.807) is 0 Å². The largest absolute Gasteiger partial charge is 0.476 e. The molecule has 0 unspecified atom stereocenters. The predicted octanol–water partition coefficient (Wildman–Crippen LogP) is 6.63. The topological polar surface area (TPSA) is 39.4 Å². The zero-order valence-electron chi connectivity index (χ0n) is 16.5. The first-order valence-electron chi connectivity index (χ1n) is 8.83. The van der Waals surface area contributed by atoms with Crippen LogP contribution < -0.4 is 10.4 Å². The predicted molar refractivity (Wildman–Crippen MR) is 95.3 cm³/mol. The van der Waals surface area contributed by atoms with Crippen LogP contribution in [0.1, 0.15) is 37.6 Å². The van der Waals surface area contributed by atoms with Crippen molar-refractivity contribution in [2.45, 2.75) is 51.9 Å². The quantitative estimate of drug-likeness (QED) is 0.447. The molecule has 2 rings (SSSR count). The lowest BCUT2D eigenvalue weighted by Crippen LogP contribution is -2.29. The normalized spacial score (nSPS) is 13.8. The zero-order valence-corrected chi connectivity index (χ0v) is 17.3. The third-order valence-corrected chi connectivity index (χ3v) is 4.26. The summed E-state index contributed by atoms with van der Waals surface area (Å²) >= 11 is 5.64. The van der Waals surface area contributed by atoms with Gasteiger partial charge in [0.15, 0.2) is 11.6 Å². The van der Waals surface area contributed by atoms with Crippen LogP contribution in [0.25, 0.3) is 0 Å². The van der Waals surface area contributed by atoms with E-state index in [1.165, 1.54) is 20.8 Å². The van der Waals surface area contributed by atoms with E-state index in [0.29, 0.717) is 6.07 Å². The van der Waals surface area contributed by atoms with Crippen LogP contribution in [0.4, 0.5) is 45.2 Å². The van der Waals surface area contributed by atoms with Crippen LogP contribution in [0, 0.1) is 0 Å². The van der Waals surface area contributed by atoms with Crippen LogP contribution >= 0.6 is 11.6 Å². The summed E-state index contributed by atoms with van der Waals surface area (Å²) in [5, 5.41) is -1.22. The number of aromatic nitrogens is 2. The maximum atomic E-state index is 13.3. The standard InChI is InChI=1S/C18H15ClF9N3O/c1-4-31-13(32-8(2)3)7-12(18(26,27)28)30-15(31)29-11-6-9(16(20,21)22)5-10(14(11)19)17(23,24)25/h5-8H,4H2,1-3H3. The molecule has 0 amide bonds. The van der Waals surface area contributed by atoms with E-state index in [4.69, 9.17) is 16.3 Å². The minimum absolute atomic E-state index is 0.116. The van der Waals surface area contributed by atoms with E-state index in [1.807, 2.05) is 0 Å². The Hall–Kier alpha value is -2.44. The van der Waals surface area contributed by atoms with Gasteiger partial charge in [0.2, 0.25) is 5.62 Å². The Balaban J connectivity index is 2.96. The molecule has 1 aromatic carbocycles. The molecular weight excluding hydrogens is 481 g/mol. The Kier molecular flexibility index (Phi) is 7.13. The number of hydrogen-bond donors (Lipinski definition) is 0. The molecule has 2 aromatic rings. The van der Waals surface area contributed by atoms with Crippen molar-refractivity contribution >= 4 is 17.3 Å². The Bertz CT molecular complexity index is 1050. The summed E-state index contributed by atoms with van der Waals surface area (Å²) in [6, 6.07) is 0.544.